The number of carbonyl (C=O) groups excluding carboxylic acids is 3. The van der Waals surface area contributed by atoms with E-state index in [-0.39, 0.29) is 23.8 Å². The van der Waals surface area contributed by atoms with Gasteiger partial charge in [-0.15, -0.1) is 0 Å². The number of benzene rings is 2. The molecule has 0 heterocycles. The molecule has 0 atom stereocenters. The third-order valence-electron chi connectivity index (χ3n) is 4.78. The molecule has 1 fully saturated rings. The quantitative estimate of drug-likeness (QED) is 0.417. The maximum absolute atomic E-state index is 12.4. The van der Waals surface area contributed by atoms with Crippen LogP contribution >= 0.6 is 0 Å². The standard InChI is InChI=1S/C23H22O6/c1-2-21(24)27-19-12-14-20(15-13-19)29-23(26)17-10-8-16(9-11-17)22(25)28-18-6-4-3-5-7-18/h2-7,12-17H,1,8-11H2. The molecule has 0 unspecified atom stereocenters. The molecule has 0 amide bonds. The van der Waals surface area contributed by atoms with Crippen molar-refractivity contribution in [2.24, 2.45) is 11.8 Å². The van der Waals surface area contributed by atoms with Gasteiger partial charge in [0, 0.05) is 6.08 Å². The van der Waals surface area contributed by atoms with Crippen molar-refractivity contribution in [1.29, 1.82) is 0 Å². The van der Waals surface area contributed by atoms with E-state index in [0.717, 1.165) is 6.08 Å². The third kappa shape index (κ3) is 5.78. The van der Waals surface area contributed by atoms with Gasteiger partial charge in [0.25, 0.3) is 0 Å². The minimum absolute atomic E-state index is 0.210. The van der Waals surface area contributed by atoms with Gasteiger partial charge in [-0.2, -0.15) is 0 Å². The first-order valence-corrected chi connectivity index (χ1v) is 9.48. The smallest absolute Gasteiger partial charge is 0.335 e. The molecule has 0 aromatic heterocycles. The van der Waals surface area contributed by atoms with Crippen LogP contribution in [0.4, 0.5) is 0 Å². The molecule has 0 saturated heterocycles. The van der Waals surface area contributed by atoms with E-state index in [4.69, 9.17) is 14.2 Å². The number of esters is 3. The SMILES string of the molecule is C=CC(=O)Oc1ccc(OC(=O)C2CCC(C(=O)Oc3ccccc3)CC2)cc1. The Balaban J connectivity index is 1.46. The Morgan fingerprint density at radius 3 is 1.55 bits per heavy atom. The lowest BCUT2D eigenvalue weighted by atomic mass is 9.82. The summed E-state index contributed by atoms with van der Waals surface area (Å²) in [5, 5.41) is 0. The highest BCUT2D eigenvalue weighted by Gasteiger charge is 2.32. The highest BCUT2D eigenvalue weighted by Crippen LogP contribution is 2.31. The lowest BCUT2D eigenvalue weighted by Gasteiger charge is -2.25. The summed E-state index contributed by atoms with van der Waals surface area (Å²) < 4.78 is 15.8. The van der Waals surface area contributed by atoms with E-state index >= 15 is 0 Å². The largest absolute Gasteiger partial charge is 0.426 e. The average Bonchev–Trinajstić information content (AvgIpc) is 2.75. The fourth-order valence-electron chi connectivity index (χ4n) is 3.19. The summed E-state index contributed by atoms with van der Waals surface area (Å²) in [6, 6.07) is 15.2. The van der Waals surface area contributed by atoms with Crippen LogP contribution in [0.2, 0.25) is 0 Å². The molecule has 2 aromatic carbocycles. The molecule has 6 nitrogen and oxygen atoms in total. The molecule has 1 saturated carbocycles. The van der Waals surface area contributed by atoms with E-state index in [1.807, 2.05) is 18.2 Å². The normalized spacial score (nSPS) is 18.3. The Morgan fingerprint density at radius 1 is 0.690 bits per heavy atom. The number of rotatable bonds is 6. The Morgan fingerprint density at radius 2 is 1.10 bits per heavy atom. The fourth-order valence-corrected chi connectivity index (χ4v) is 3.19. The van der Waals surface area contributed by atoms with Gasteiger partial charge in [0.1, 0.15) is 17.2 Å². The van der Waals surface area contributed by atoms with Crippen LogP contribution in [0.25, 0.3) is 0 Å². The highest BCUT2D eigenvalue weighted by molar-refractivity contribution is 5.83. The summed E-state index contributed by atoms with van der Waals surface area (Å²) in [6.07, 6.45) is 3.38. The van der Waals surface area contributed by atoms with Crippen molar-refractivity contribution >= 4 is 17.9 Å². The lowest BCUT2D eigenvalue weighted by molar-refractivity contribution is -0.145. The molecule has 0 radical (unpaired) electrons. The lowest BCUT2D eigenvalue weighted by Crippen LogP contribution is -2.30. The molecule has 0 spiro atoms. The molecule has 6 heteroatoms. The average molecular weight is 394 g/mol. The first-order valence-electron chi connectivity index (χ1n) is 9.48. The van der Waals surface area contributed by atoms with Crippen LogP contribution in [-0.4, -0.2) is 17.9 Å². The van der Waals surface area contributed by atoms with Gasteiger partial charge in [-0.25, -0.2) is 4.79 Å². The van der Waals surface area contributed by atoms with Gasteiger partial charge >= 0.3 is 17.9 Å². The van der Waals surface area contributed by atoms with E-state index in [2.05, 4.69) is 6.58 Å². The Hall–Kier alpha value is -3.41. The van der Waals surface area contributed by atoms with E-state index < -0.39 is 5.97 Å². The minimum atomic E-state index is -0.558. The Bertz CT molecular complexity index is 864. The topological polar surface area (TPSA) is 78.9 Å². The van der Waals surface area contributed by atoms with Crippen molar-refractivity contribution in [2.75, 3.05) is 0 Å². The zero-order valence-corrected chi connectivity index (χ0v) is 15.9. The first kappa shape index (κ1) is 20.3. The van der Waals surface area contributed by atoms with Gasteiger partial charge < -0.3 is 14.2 Å². The monoisotopic (exact) mass is 394 g/mol. The van der Waals surface area contributed by atoms with Crippen LogP contribution in [0, 0.1) is 11.8 Å². The zero-order valence-electron chi connectivity index (χ0n) is 15.9. The van der Waals surface area contributed by atoms with Crippen LogP contribution in [0.15, 0.2) is 67.3 Å². The predicted molar refractivity (Wildman–Crippen MR) is 105 cm³/mol. The van der Waals surface area contributed by atoms with E-state index in [1.165, 1.54) is 0 Å². The summed E-state index contributed by atoms with van der Waals surface area (Å²) in [5.41, 5.74) is 0. The van der Waals surface area contributed by atoms with E-state index in [0.29, 0.717) is 42.9 Å². The van der Waals surface area contributed by atoms with Crippen molar-refractivity contribution in [3.05, 3.63) is 67.3 Å². The molecule has 150 valence electrons. The second kappa shape index (κ2) is 9.68. The van der Waals surface area contributed by atoms with E-state index in [1.54, 1.807) is 36.4 Å². The van der Waals surface area contributed by atoms with Crippen molar-refractivity contribution in [3.63, 3.8) is 0 Å². The zero-order chi connectivity index (χ0) is 20.6. The molecule has 0 bridgehead atoms. The van der Waals surface area contributed by atoms with Crippen LogP contribution in [0.1, 0.15) is 25.7 Å². The van der Waals surface area contributed by atoms with Crippen LogP contribution in [-0.2, 0) is 14.4 Å². The summed E-state index contributed by atoms with van der Waals surface area (Å²) in [4.78, 5) is 35.9. The molecular weight excluding hydrogens is 372 g/mol. The number of carbonyl (C=O) groups is 3. The van der Waals surface area contributed by atoms with Crippen molar-refractivity contribution < 1.29 is 28.6 Å². The number of hydrogen-bond acceptors (Lipinski definition) is 6. The van der Waals surface area contributed by atoms with Crippen LogP contribution in [0.5, 0.6) is 17.2 Å². The van der Waals surface area contributed by atoms with Crippen molar-refractivity contribution in [2.45, 2.75) is 25.7 Å². The Labute approximate surface area is 169 Å². The molecule has 0 N–H and O–H groups in total. The number of para-hydroxylation sites is 1. The van der Waals surface area contributed by atoms with Crippen molar-refractivity contribution in [3.8, 4) is 17.2 Å². The summed E-state index contributed by atoms with van der Waals surface area (Å²) in [6.45, 7) is 3.33. The van der Waals surface area contributed by atoms with Crippen LogP contribution in [0.3, 0.4) is 0 Å². The molecule has 29 heavy (non-hydrogen) atoms. The predicted octanol–water partition coefficient (Wildman–Crippen LogP) is 4.10. The van der Waals surface area contributed by atoms with Gasteiger partial charge in [0.15, 0.2) is 0 Å². The Kier molecular flexibility index (Phi) is 6.79. The maximum Gasteiger partial charge on any atom is 0.335 e. The maximum atomic E-state index is 12.4. The molecular formula is C23H22O6. The van der Waals surface area contributed by atoms with Crippen LogP contribution < -0.4 is 14.2 Å². The summed E-state index contributed by atoms with van der Waals surface area (Å²) in [5.74, 6) is -0.361. The second-order valence-corrected chi connectivity index (χ2v) is 6.80. The number of hydrogen-bond donors (Lipinski definition) is 0. The van der Waals surface area contributed by atoms with Gasteiger partial charge in [-0.1, -0.05) is 24.8 Å². The van der Waals surface area contributed by atoms with Gasteiger partial charge in [-0.05, 0) is 62.1 Å². The fraction of sp³-hybridized carbons (Fsp3) is 0.261. The van der Waals surface area contributed by atoms with Gasteiger partial charge in [0.05, 0.1) is 11.8 Å². The van der Waals surface area contributed by atoms with E-state index in [9.17, 15) is 14.4 Å². The number of ether oxygens (including phenoxy) is 3. The summed E-state index contributed by atoms with van der Waals surface area (Å²) in [7, 11) is 0. The molecule has 3 rings (SSSR count). The molecule has 0 aliphatic heterocycles. The highest BCUT2D eigenvalue weighted by atomic mass is 16.5. The minimum Gasteiger partial charge on any atom is -0.426 e. The molecule has 1 aliphatic carbocycles. The first-order chi connectivity index (χ1) is 14.0. The summed E-state index contributed by atoms with van der Waals surface area (Å²) >= 11 is 0. The molecule has 2 aromatic rings. The molecule has 1 aliphatic rings. The van der Waals surface area contributed by atoms with Gasteiger partial charge in [0.2, 0.25) is 0 Å². The van der Waals surface area contributed by atoms with Crippen molar-refractivity contribution in [1.82, 2.24) is 0 Å². The third-order valence-corrected chi connectivity index (χ3v) is 4.78. The van der Waals surface area contributed by atoms with Gasteiger partial charge in [-0.3, -0.25) is 9.59 Å². The second-order valence-electron chi connectivity index (χ2n) is 6.80.